The van der Waals surface area contributed by atoms with E-state index in [0.29, 0.717) is 13.1 Å². The van der Waals surface area contributed by atoms with Crippen LogP contribution in [0.15, 0.2) is 0 Å². The fourth-order valence-electron chi connectivity index (χ4n) is 1.19. The van der Waals surface area contributed by atoms with Crippen LogP contribution >= 0.6 is 0 Å². The molecular weight excluding hydrogens is 168 g/mol. The van der Waals surface area contributed by atoms with Gasteiger partial charge in [-0.05, 0) is 12.8 Å². The molecule has 0 saturated heterocycles. The molecule has 0 atom stereocenters. The molecule has 0 saturated carbocycles. The Morgan fingerprint density at radius 1 is 0.923 bits per heavy atom. The Morgan fingerprint density at radius 3 is 2.00 bits per heavy atom. The standard InChI is InChI=1S/C10H20O3/c1-12-8-6-4-2-3-5-7-9-13-10-11/h10H,2-9H2,1H3. The molecule has 0 aliphatic rings. The zero-order valence-corrected chi connectivity index (χ0v) is 8.46. The fraction of sp³-hybridized carbons (Fsp3) is 0.900. The highest BCUT2D eigenvalue weighted by molar-refractivity contribution is 5.36. The van der Waals surface area contributed by atoms with Gasteiger partial charge in [0.25, 0.3) is 6.47 Å². The summed E-state index contributed by atoms with van der Waals surface area (Å²) in [6.45, 7) is 1.95. The van der Waals surface area contributed by atoms with Crippen molar-refractivity contribution in [1.82, 2.24) is 0 Å². The van der Waals surface area contributed by atoms with E-state index in [9.17, 15) is 4.79 Å². The van der Waals surface area contributed by atoms with Crippen molar-refractivity contribution in [2.45, 2.75) is 38.5 Å². The van der Waals surface area contributed by atoms with Gasteiger partial charge in [-0.2, -0.15) is 0 Å². The second-order valence-corrected chi connectivity index (χ2v) is 3.08. The lowest BCUT2D eigenvalue weighted by molar-refractivity contribution is -0.128. The van der Waals surface area contributed by atoms with Gasteiger partial charge in [0.1, 0.15) is 0 Å². The highest BCUT2D eigenvalue weighted by Crippen LogP contribution is 2.05. The third-order valence-corrected chi connectivity index (χ3v) is 1.93. The van der Waals surface area contributed by atoms with Gasteiger partial charge in [0.2, 0.25) is 0 Å². The summed E-state index contributed by atoms with van der Waals surface area (Å²) in [6.07, 6.45) is 7.02. The number of carbonyl (C=O) groups is 1. The maximum Gasteiger partial charge on any atom is 0.293 e. The maximum atomic E-state index is 9.78. The summed E-state index contributed by atoms with van der Waals surface area (Å²) in [5.41, 5.74) is 0. The molecule has 0 fully saturated rings. The van der Waals surface area contributed by atoms with Crippen LogP contribution in [0.4, 0.5) is 0 Å². The van der Waals surface area contributed by atoms with Gasteiger partial charge >= 0.3 is 0 Å². The molecule has 0 heterocycles. The molecular formula is C10H20O3. The number of unbranched alkanes of at least 4 members (excludes halogenated alkanes) is 5. The molecule has 0 amide bonds. The maximum absolute atomic E-state index is 9.78. The Morgan fingerprint density at radius 2 is 1.46 bits per heavy atom. The zero-order chi connectivity index (χ0) is 9.78. The Kier molecular flexibility index (Phi) is 10.9. The molecule has 78 valence electrons. The Bertz CT molecular complexity index is 104. The fourth-order valence-corrected chi connectivity index (χ4v) is 1.19. The minimum Gasteiger partial charge on any atom is -0.468 e. The first kappa shape index (κ1) is 12.4. The lowest BCUT2D eigenvalue weighted by Gasteiger charge is -2.00. The average Bonchev–Trinajstić information content (AvgIpc) is 2.16. The summed E-state index contributed by atoms with van der Waals surface area (Å²) < 4.78 is 9.52. The summed E-state index contributed by atoms with van der Waals surface area (Å²) in [6, 6.07) is 0. The number of ether oxygens (including phenoxy) is 2. The van der Waals surface area contributed by atoms with Crippen LogP contribution in [-0.2, 0) is 14.3 Å². The van der Waals surface area contributed by atoms with Crippen LogP contribution in [0.5, 0.6) is 0 Å². The minimum absolute atomic E-state index is 0.512. The van der Waals surface area contributed by atoms with Crippen LogP contribution in [0, 0.1) is 0 Å². The van der Waals surface area contributed by atoms with Gasteiger partial charge in [-0.3, -0.25) is 4.79 Å². The highest BCUT2D eigenvalue weighted by Gasteiger charge is 1.91. The first-order valence-corrected chi connectivity index (χ1v) is 4.96. The van der Waals surface area contributed by atoms with Gasteiger partial charge in [-0.25, -0.2) is 0 Å². The monoisotopic (exact) mass is 188 g/mol. The van der Waals surface area contributed by atoms with E-state index in [1.807, 2.05) is 0 Å². The molecule has 0 aromatic heterocycles. The van der Waals surface area contributed by atoms with Crippen LogP contribution in [0.25, 0.3) is 0 Å². The second kappa shape index (κ2) is 11.4. The number of hydrogen-bond acceptors (Lipinski definition) is 3. The van der Waals surface area contributed by atoms with E-state index in [2.05, 4.69) is 4.74 Å². The normalized spacial score (nSPS) is 9.92. The molecule has 3 nitrogen and oxygen atoms in total. The third-order valence-electron chi connectivity index (χ3n) is 1.93. The summed E-state index contributed by atoms with van der Waals surface area (Å²) in [4.78, 5) is 9.78. The zero-order valence-electron chi connectivity index (χ0n) is 8.46. The van der Waals surface area contributed by atoms with Crippen molar-refractivity contribution in [1.29, 1.82) is 0 Å². The molecule has 0 aromatic carbocycles. The van der Waals surface area contributed by atoms with Gasteiger partial charge in [0.15, 0.2) is 0 Å². The van der Waals surface area contributed by atoms with Gasteiger partial charge < -0.3 is 9.47 Å². The Hall–Kier alpha value is -0.570. The first-order valence-electron chi connectivity index (χ1n) is 4.96. The Labute approximate surface area is 80.4 Å². The molecule has 0 aromatic rings. The third kappa shape index (κ3) is 11.4. The SMILES string of the molecule is COCCCCCCCCOC=O. The lowest BCUT2D eigenvalue weighted by atomic mass is 10.1. The van der Waals surface area contributed by atoms with Crippen molar-refractivity contribution in [2.75, 3.05) is 20.3 Å². The van der Waals surface area contributed by atoms with Crippen molar-refractivity contribution < 1.29 is 14.3 Å². The molecule has 0 unspecified atom stereocenters. The molecule has 0 aliphatic carbocycles. The molecule has 0 radical (unpaired) electrons. The largest absolute Gasteiger partial charge is 0.468 e. The molecule has 3 heteroatoms. The smallest absolute Gasteiger partial charge is 0.293 e. The summed E-state index contributed by atoms with van der Waals surface area (Å²) >= 11 is 0. The van der Waals surface area contributed by atoms with Crippen molar-refractivity contribution in [3.63, 3.8) is 0 Å². The van der Waals surface area contributed by atoms with Crippen LogP contribution in [0.1, 0.15) is 38.5 Å². The molecule has 0 spiro atoms. The van der Waals surface area contributed by atoms with Crippen molar-refractivity contribution in [3.8, 4) is 0 Å². The molecule has 0 N–H and O–H groups in total. The van der Waals surface area contributed by atoms with Crippen LogP contribution < -0.4 is 0 Å². The van der Waals surface area contributed by atoms with Crippen molar-refractivity contribution in [2.24, 2.45) is 0 Å². The van der Waals surface area contributed by atoms with E-state index < -0.39 is 0 Å². The molecule has 0 aliphatic heterocycles. The lowest BCUT2D eigenvalue weighted by Crippen LogP contribution is -1.92. The molecule has 0 rings (SSSR count). The summed E-state index contributed by atoms with van der Waals surface area (Å²) in [5.74, 6) is 0. The molecule has 0 bridgehead atoms. The average molecular weight is 188 g/mol. The van der Waals surface area contributed by atoms with E-state index in [-0.39, 0.29) is 0 Å². The second-order valence-electron chi connectivity index (χ2n) is 3.08. The van der Waals surface area contributed by atoms with E-state index in [1.54, 1.807) is 7.11 Å². The van der Waals surface area contributed by atoms with Crippen molar-refractivity contribution >= 4 is 6.47 Å². The van der Waals surface area contributed by atoms with Crippen LogP contribution in [0.3, 0.4) is 0 Å². The van der Waals surface area contributed by atoms with Gasteiger partial charge in [0.05, 0.1) is 6.61 Å². The number of rotatable bonds is 10. The highest BCUT2D eigenvalue weighted by atomic mass is 16.5. The van der Waals surface area contributed by atoms with Crippen LogP contribution in [-0.4, -0.2) is 26.8 Å². The predicted octanol–water partition coefficient (Wildman–Crippen LogP) is 2.15. The van der Waals surface area contributed by atoms with E-state index in [4.69, 9.17) is 4.74 Å². The van der Waals surface area contributed by atoms with Crippen molar-refractivity contribution in [3.05, 3.63) is 0 Å². The predicted molar refractivity (Wildman–Crippen MR) is 51.6 cm³/mol. The van der Waals surface area contributed by atoms with E-state index >= 15 is 0 Å². The topological polar surface area (TPSA) is 35.5 Å². The van der Waals surface area contributed by atoms with E-state index in [0.717, 1.165) is 25.9 Å². The number of hydrogen-bond donors (Lipinski definition) is 0. The minimum atomic E-state index is 0.512. The summed E-state index contributed by atoms with van der Waals surface area (Å²) in [7, 11) is 1.73. The first-order chi connectivity index (χ1) is 6.41. The van der Waals surface area contributed by atoms with Gasteiger partial charge in [0, 0.05) is 13.7 Å². The van der Waals surface area contributed by atoms with Gasteiger partial charge in [-0.15, -0.1) is 0 Å². The quantitative estimate of drug-likeness (QED) is 0.389. The number of carbonyl (C=O) groups excluding carboxylic acids is 1. The van der Waals surface area contributed by atoms with E-state index in [1.165, 1.54) is 19.3 Å². The number of methoxy groups -OCH3 is 1. The molecule has 13 heavy (non-hydrogen) atoms. The summed E-state index contributed by atoms with van der Waals surface area (Å²) in [5, 5.41) is 0. The van der Waals surface area contributed by atoms with Gasteiger partial charge in [-0.1, -0.05) is 25.7 Å². The Balaban J connectivity index is 2.79. The van der Waals surface area contributed by atoms with Crippen LogP contribution in [0.2, 0.25) is 0 Å².